The zero-order valence-corrected chi connectivity index (χ0v) is 10.7. The summed E-state index contributed by atoms with van der Waals surface area (Å²) >= 11 is 1.86. The zero-order valence-electron chi connectivity index (χ0n) is 9.92. The Kier molecular flexibility index (Phi) is 3.87. The van der Waals surface area contributed by atoms with Crippen LogP contribution in [-0.2, 0) is 0 Å². The third kappa shape index (κ3) is 3.19. The minimum atomic E-state index is 0.173. The highest BCUT2D eigenvalue weighted by molar-refractivity contribution is 8.13. The van der Waals surface area contributed by atoms with E-state index in [4.69, 9.17) is 0 Å². The van der Waals surface area contributed by atoms with Gasteiger partial charge in [-0.25, -0.2) is 0 Å². The Morgan fingerprint density at radius 2 is 2.14 bits per heavy atom. The summed E-state index contributed by atoms with van der Waals surface area (Å²) < 4.78 is 0. The van der Waals surface area contributed by atoms with E-state index in [1.165, 1.54) is 5.75 Å². The van der Waals surface area contributed by atoms with Gasteiger partial charge in [-0.15, -0.1) is 0 Å². The van der Waals surface area contributed by atoms with Crippen molar-refractivity contribution < 1.29 is 0 Å². The van der Waals surface area contributed by atoms with Crippen LogP contribution in [-0.4, -0.2) is 22.5 Å². The Labute approximate surface area is 92.0 Å². The third-order valence-electron chi connectivity index (χ3n) is 2.96. The molecule has 0 aromatic carbocycles. The van der Waals surface area contributed by atoms with E-state index in [0.29, 0.717) is 12.0 Å². The van der Waals surface area contributed by atoms with Gasteiger partial charge in [0.05, 0.1) is 6.04 Å². The molecule has 3 heteroatoms. The van der Waals surface area contributed by atoms with Gasteiger partial charge in [0.15, 0.2) is 5.17 Å². The average molecular weight is 214 g/mol. The molecular formula is C11H22N2S. The molecule has 2 atom stereocenters. The van der Waals surface area contributed by atoms with Gasteiger partial charge in [-0.05, 0) is 33.1 Å². The van der Waals surface area contributed by atoms with E-state index >= 15 is 0 Å². The highest BCUT2D eigenvalue weighted by atomic mass is 32.2. The summed E-state index contributed by atoms with van der Waals surface area (Å²) in [6, 6.07) is 0.464. The van der Waals surface area contributed by atoms with Gasteiger partial charge in [-0.1, -0.05) is 25.6 Å². The first-order valence-corrected chi connectivity index (χ1v) is 6.42. The second kappa shape index (κ2) is 4.56. The fourth-order valence-electron chi connectivity index (χ4n) is 1.15. The molecule has 1 aliphatic rings. The molecule has 0 fully saturated rings. The van der Waals surface area contributed by atoms with Crippen molar-refractivity contribution >= 4 is 16.9 Å². The lowest BCUT2D eigenvalue weighted by Crippen LogP contribution is -2.43. The van der Waals surface area contributed by atoms with Crippen molar-refractivity contribution in [1.82, 2.24) is 5.32 Å². The molecule has 1 N–H and O–H groups in total. The van der Waals surface area contributed by atoms with Gasteiger partial charge in [0.25, 0.3) is 0 Å². The number of hydrogen-bond donors (Lipinski definition) is 1. The van der Waals surface area contributed by atoms with Crippen molar-refractivity contribution in [2.24, 2.45) is 10.9 Å². The number of rotatable bonds is 2. The first kappa shape index (κ1) is 11.9. The maximum absolute atomic E-state index is 4.66. The number of thioether (sulfide) groups is 1. The number of nitrogens with zero attached hydrogens (tertiary/aromatic N) is 1. The number of nitrogens with one attached hydrogen (secondary N) is 1. The van der Waals surface area contributed by atoms with Gasteiger partial charge in [-0.2, -0.15) is 0 Å². The first-order chi connectivity index (χ1) is 6.44. The van der Waals surface area contributed by atoms with Crippen LogP contribution in [0.3, 0.4) is 0 Å². The topological polar surface area (TPSA) is 24.4 Å². The van der Waals surface area contributed by atoms with E-state index in [2.05, 4.69) is 44.9 Å². The average Bonchev–Trinajstić information content (AvgIpc) is 2.11. The predicted molar refractivity (Wildman–Crippen MR) is 66.0 cm³/mol. The van der Waals surface area contributed by atoms with Crippen LogP contribution >= 0.6 is 11.8 Å². The summed E-state index contributed by atoms with van der Waals surface area (Å²) in [5.41, 5.74) is 0.173. The van der Waals surface area contributed by atoms with Crippen molar-refractivity contribution in [2.45, 2.75) is 52.6 Å². The second-order valence-electron chi connectivity index (χ2n) is 4.83. The molecule has 2 unspecified atom stereocenters. The van der Waals surface area contributed by atoms with Crippen molar-refractivity contribution in [2.75, 3.05) is 5.75 Å². The van der Waals surface area contributed by atoms with Crippen molar-refractivity contribution in [3.8, 4) is 0 Å². The fourth-order valence-corrected chi connectivity index (χ4v) is 2.43. The molecule has 1 aliphatic heterocycles. The largest absolute Gasteiger partial charge is 0.360 e. The molecule has 1 rings (SSSR count). The minimum Gasteiger partial charge on any atom is -0.360 e. The normalized spacial score (nSPS) is 28.5. The van der Waals surface area contributed by atoms with Gasteiger partial charge in [-0.3, -0.25) is 4.99 Å². The highest BCUT2D eigenvalue weighted by Gasteiger charge is 2.23. The minimum absolute atomic E-state index is 0.173. The Bertz CT molecular complexity index is 223. The molecular weight excluding hydrogens is 192 g/mol. The first-order valence-electron chi connectivity index (χ1n) is 5.43. The second-order valence-corrected chi connectivity index (χ2v) is 5.83. The Balaban J connectivity index is 2.58. The van der Waals surface area contributed by atoms with Crippen molar-refractivity contribution in [1.29, 1.82) is 0 Å². The third-order valence-corrected chi connectivity index (χ3v) is 4.13. The van der Waals surface area contributed by atoms with E-state index < -0.39 is 0 Å². The quantitative estimate of drug-likeness (QED) is 0.764. The standard InChI is InChI=1S/C11H22N2S/c1-6-11(4,5)13-10-12-9(3)8(2)7-14-10/h8-9H,6-7H2,1-5H3,(H,12,13). The van der Waals surface area contributed by atoms with Crippen LogP contribution in [0.15, 0.2) is 4.99 Å². The Morgan fingerprint density at radius 1 is 1.50 bits per heavy atom. The molecule has 0 radical (unpaired) electrons. The predicted octanol–water partition coefficient (Wildman–Crippen LogP) is 2.89. The van der Waals surface area contributed by atoms with Crippen LogP contribution in [0, 0.1) is 5.92 Å². The Morgan fingerprint density at radius 3 is 2.64 bits per heavy atom. The van der Waals surface area contributed by atoms with Gasteiger partial charge in [0.1, 0.15) is 0 Å². The lowest BCUT2D eigenvalue weighted by atomic mass is 10.0. The van der Waals surface area contributed by atoms with Gasteiger partial charge in [0.2, 0.25) is 0 Å². The van der Waals surface area contributed by atoms with Crippen LogP contribution in [0.25, 0.3) is 0 Å². The molecule has 1 heterocycles. The summed E-state index contributed by atoms with van der Waals surface area (Å²) in [6.45, 7) is 11.1. The summed E-state index contributed by atoms with van der Waals surface area (Å²) in [6.07, 6.45) is 1.12. The van der Waals surface area contributed by atoms with Crippen molar-refractivity contribution in [3.05, 3.63) is 0 Å². The van der Waals surface area contributed by atoms with Crippen LogP contribution in [0.1, 0.15) is 41.0 Å². The van der Waals surface area contributed by atoms with E-state index in [9.17, 15) is 0 Å². The summed E-state index contributed by atoms with van der Waals surface area (Å²) in [4.78, 5) is 4.66. The van der Waals surface area contributed by atoms with E-state index in [0.717, 1.165) is 11.6 Å². The van der Waals surface area contributed by atoms with Gasteiger partial charge in [0, 0.05) is 11.3 Å². The lowest BCUT2D eigenvalue weighted by molar-refractivity contribution is 0.443. The molecule has 2 nitrogen and oxygen atoms in total. The SMILES string of the molecule is CCC(C)(C)NC1=NC(C)C(C)CS1. The maximum Gasteiger partial charge on any atom is 0.157 e. The van der Waals surface area contributed by atoms with E-state index in [1.54, 1.807) is 0 Å². The molecule has 0 aliphatic carbocycles. The Hall–Kier alpha value is -0.180. The van der Waals surface area contributed by atoms with Gasteiger partial charge < -0.3 is 5.32 Å². The molecule has 0 saturated heterocycles. The fraction of sp³-hybridized carbons (Fsp3) is 0.909. The lowest BCUT2D eigenvalue weighted by Gasteiger charge is -2.30. The molecule has 0 spiro atoms. The van der Waals surface area contributed by atoms with Crippen LogP contribution in [0.2, 0.25) is 0 Å². The molecule has 0 aromatic rings. The molecule has 0 bridgehead atoms. The molecule has 0 saturated carbocycles. The molecule has 82 valence electrons. The number of hydrogen-bond acceptors (Lipinski definition) is 3. The zero-order chi connectivity index (χ0) is 10.8. The van der Waals surface area contributed by atoms with Crippen LogP contribution < -0.4 is 5.32 Å². The summed E-state index contributed by atoms with van der Waals surface area (Å²) in [5.74, 6) is 1.89. The summed E-state index contributed by atoms with van der Waals surface area (Å²) in [7, 11) is 0. The maximum atomic E-state index is 4.66. The van der Waals surface area contributed by atoms with E-state index in [1.807, 2.05) is 11.8 Å². The van der Waals surface area contributed by atoms with Crippen LogP contribution in [0.5, 0.6) is 0 Å². The highest BCUT2D eigenvalue weighted by Crippen LogP contribution is 2.23. The number of amidine groups is 1. The van der Waals surface area contributed by atoms with Crippen molar-refractivity contribution in [3.63, 3.8) is 0 Å². The molecule has 14 heavy (non-hydrogen) atoms. The summed E-state index contributed by atoms with van der Waals surface area (Å²) in [5, 5.41) is 4.64. The van der Waals surface area contributed by atoms with Crippen LogP contribution in [0.4, 0.5) is 0 Å². The molecule has 0 amide bonds. The monoisotopic (exact) mass is 214 g/mol. The molecule has 0 aromatic heterocycles. The van der Waals surface area contributed by atoms with Gasteiger partial charge >= 0.3 is 0 Å². The van der Waals surface area contributed by atoms with E-state index in [-0.39, 0.29) is 5.54 Å². The smallest absolute Gasteiger partial charge is 0.157 e. The number of aliphatic imine (C=N–C) groups is 1.